The maximum Gasteiger partial charge on any atom is 0.312 e. The summed E-state index contributed by atoms with van der Waals surface area (Å²) in [6.45, 7) is 2.18. The van der Waals surface area contributed by atoms with Crippen molar-refractivity contribution in [1.29, 1.82) is 0 Å². The first-order valence-electron chi connectivity index (χ1n) is 5.46. The van der Waals surface area contributed by atoms with E-state index in [0.29, 0.717) is 6.61 Å². The van der Waals surface area contributed by atoms with E-state index < -0.39 is 5.41 Å². The summed E-state index contributed by atoms with van der Waals surface area (Å²) in [6.07, 6.45) is 5.01. The van der Waals surface area contributed by atoms with Gasteiger partial charge in [0.2, 0.25) is 0 Å². The van der Waals surface area contributed by atoms with Gasteiger partial charge < -0.3 is 4.74 Å². The Kier molecular flexibility index (Phi) is 4.77. The summed E-state index contributed by atoms with van der Waals surface area (Å²) in [6, 6.07) is 0. The highest BCUT2D eigenvalue weighted by Gasteiger charge is 2.42. The zero-order valence-corrected chi connectivity index (χ0v) is 10.6. The molecule has 15 heavy (non-hydrogen) atoms. The molecule has 0 aromatic carbocycles. The molecule has 0 aliphatic heterocycles. The molecule has 0 aromatic rings. The van der Waals surface area contributed by atoms with Crippen molar-refractivity contribution < 1.29 is 14.3 Å². The minimum absolute atomic E-state index is 0.0996. The molecule has 0 saturated heterocycles. The molecule has 0 bridgehead atoms. The van der Waals surface area contributed by atoms with Gasteiger partial charge in [-0.1, -0.05) is 19.3 Å². The first kappa shape index (κ1) is 12.7. The third kappa shape index (κ3) is 3.30. The predicted octanol–water partition coefficient (Wildman–Crippen LogP) is 2.81. The molecule has 1 rings (SSSR count). The van der Waals surface area contributed by atoms with Gasteiger partial charge in [0.15, 0.2) is 4.69 Å². The number of esters is 1. The Hall–Kier alpha value is -0.380. The van der Waals surface area contributed by atoms with Crippen LogP contribution in [0.3, 0.4) is 0 Å². The Morgan fingerprint density at radius 1 is 1.27 bits per heavy atom. The van der Waals surface area contributed by atoms with Crippen LogP contribution < -0.4 is 0 Å². The lowest BCUT2D eigenvalue weighted by molar-refractivity contribution is -0.159. The molecular formula is C11H17BrO3. The first-order valence-corrected chi connectivity index (χ1v) is 6.25. The van der Waals surface area contributed by atoms with Crippen LogP contribution in [-0.4, -0.2) is 17.3 Å². The molecular weight excluding hydrogens is 260 g/mol. The fraction of sp³-hybridized carbons (Fsp3) is 0.818. The van der Waals surface area contributed by atoms with Crippen molar-refractivity contribution in [2.75, 3.05) is 6.61 Å². The van der Waals surface area contributed by atoms with Crippen LogP contribution in [0.15, 0.2) is 0 Å². The van der Waals surface area contributed by atoms with Crippen molar-refractivity contribution in [2.24, 2.45) is 5.41 Å². The van der Waals surface area contributed by atoms with Crippen molar-refractivity contribution in [3.8, 4) is 0 Å². The van der Waals surface area contributed by atoms with Gasteiger partial charge in [-0.2, -0.15) is 0 Å². The third-order valence-electron chi connectivity index (χ3n) is 3.00. The largest absolute Gasteiger partial charge is 0.466 e. The van der Waals surface area contributed by atoms with Crippen molar-refractivity contribution in [3.05, 3.63) is 0 Å². The number of carbonyl (C=O) groups excluding carboxylic acids is 2. The van der Waals surface area contributed by atoms with Gasteiger partial charge in [-0.05, 0) is 35.7 Å². The summed E-state index contributed by atoms with van der Waals surface area (Å²) < 4.78 is 4.97. The molecule has 86 valence electrons. The van der Waals surface area contributed by atoms with Crippen molar-refractivity contribution in [3.63, 3.8) is 0 Å². The van der Waals surface area contributed by atoms with Gasteiger partial charge in [0, 0.05) is 6.42 Å². The smallest absolute Gasteiger partial charge is 0.312 e. The quantitative estimate of drug-likeness (QED) is 0.586. The van der Waals surface area contributed by atoms with E-state index in [9.17, 15) is 9.59 Å². The Morgan fingerprint density at radius 2 is 1.87 bits per heavy atom. The topological polar surface area (TPSA) is 43.4 Å². The molecule has 0 atom stereocenters. The number of hydrogen-bond donors (Lipinski definition) is 0. The fourth-order valence-electron chi connectivity index (χ4n) is 2.23. The number of halogens is 1. The summed E-state index contributed by atoms with van der Waals surface area (Å²) >= 11 is 2.92. The zero-order valence-electron chi connectivity index (χ0n) is 9.05. The predicted molar refractivity (Wildman–Crippen MR) is 60.7 cm³/mol. The van der Waals surface area contributed by atoms with Crippen molar-refractivity contribution in [1.82, 2.24) is 0 Å². The molecule has 3 nitrogen and oxygen atoms in total. The van der Waals surface area contributed by atoms with E-state index in [-0.39, 0.29) is 17.1 Å². The Balaban J connectivity index is 2.74. The van der Waals surface area contributed by atoms with Gasteiger partial charge in [-0.15, -0.1) is 0 Å². The van der Waals surface area contributed by atoms with E-state index in [1.807, 2.05) is 0 Å². The Bertz CT molecular complexity index is 244. The van der Waals surface area contributed by atoms with Gasteiger partial charge >= 0.3 is 5.97 Å². The number of carbonyl (C=O) groups is 2. The van der Waals surface area contributed by atoms with E-state index in [2.05, 4.69) is 15.9 Å². The highest BCUT2D eigenvalue weighted by molar-refractivity contribution is 9.18. The monoisotopic (exact) mass is 276 g/mol. The maximum absolute atomic E-state index is 11.9. The summed E-state index contributed by atoms with van der Waals surface area (Å²) in [7, 11) is 0. The van der Waals surface area contributed by atoms with E-state index in [0.717, 1.165) is 32.1 Å². The van der Waals surface area contributed by atoms with Gasteiger partial charge in [0.25, 0.3) is 0 Å². The molecule has 0 radical (unpaired) electrons. The molecule has 0 N–H and O–H groups in total. The molecule has 0 aromatic heterocycles. The van der Waals surface area contributed by atoms with Crippen LogP contribution in [0, 0.1) is 5.41 Å². The van der Waals surface area contributed by atoms with Gasteiger partial charge in [-0.3, -0.25) is 9.59 Å². The van der Waals surface area contributed by atoms with E-state index in [1.165, 1.54) is 0 Å². The standard InChI is InChI=1S/C11H17BrO3/c1-2-15-10(14)11(8-9(12)13)6-4-3-5-7-11/h2-8H2,1H3. The van der Waals surface area contributed by atoms with E-state index in [4.69, 9.17) is 4.74 Å². The Labute approximate surface area is 98.7 Å². The number of hydrogen-bond acceptors (Lipinski definition) is 3. The number of rotatable bonds is 4. The normalized spacial score (nSPS) is 19.6. The minimum atomic E-state index is -0.547. The van der Waals surface area contributed by atoms with Crippen LogP contribution in [0.1, 0.15) is 45.4 Å². The van der Waals surface area contributed by atoms with E-state index in [1.54, 1.807) is 6.92 Å². The average Bonchev–Trinajstić information content (AvgIpc) is 2.18. The lowest BCUT2D eigenvalue weighted by Crippen LogP contribution is -2.36. The van der Waals surface area contributed by atoms with Crippen molar-refractivity contribution in [2.45, 2.75) is 45.4 Å². The van der Waals surface area contributed by atoms with Gasteiger partial charge in [-0.25, -0.2) is 0 Å². The lowest BCUT2D eigenvalue weighted by atomic mass is 9.72. The molecule has 1 aliphatic rings. The average molecular weight is 277 g/mol. The molecule has 0 spiro atoms. The second-order valence-electron chi connectivity index (χ2n) is 4.09. The summed E-state index contributed by atoms with van der Waals surface area (Å²) in [4.78, 5) is 23.0. The van der Waals surface area contributed by atoms with E-state index >= 15 is 0 Å². The molecule has 0 heterocycles. The first-order chi connectivity index (χ1) is 7.10. The molecule has 1 fully saturated rings. The second kappa shape index (κ2) is 5.64. The maximum atomic E-state index is 11.9. The van der Waals surface area contributed by atoms with Crippen molar-refractivity contribution >= 4 is 26.6 Å². The second-order valence-corrected chi connectivity index (χ2v) is 4.98. The van der Waals surface area contributed by atoms with Crippen LogP contribution >= 0.6 is 15.9 Å². The van der Waals surface area contributed by atoms with Crippen LogP contribution in [0.4, 0.5) is 0 Å². The molecule has 0 amide bonds. The lowest BCUT2D eigenvalue weighted by Gasteiger charge is -2.33. The molecule has 0 unspecified atom stereocenters. The summed E-state index contributed by atoms with van der Waals surface area (Å²) in [5.41, 5.74) is -0.547. The molecule has 1 saturated carbocycles. The van der Waals surface area contributed by atoms with Gasteiger partial charge in [0.1, 0.15) is 0 Å². The zero-order chi connectivity index (χ0) is 11.3. The highest BCUT2D eigenvalue weighted by Crippen LogP contribution is 2.41. The Morgan fingerprint density at radius 3 is 2.33 bits per heavy atom. The van der Waals surface area contributed by atoms with Crippen LogP contribution in [-0.2, 0) is 14.3 Å². The van der Waals surface area contributed by atoms with Crippen LogP contribution in [0.5, 0.6) is 0 Å². The molecule has 1 aliphatic carbocycles. The summed E-state index contributed by atoms with van der Waals surface area (Å²) in [5, 5.41) is 0. The SMILES string of the molecule is CCOC(=O)C1(CC(=O)Br)CCCCC1. The van der Waals surface area contributed by atoms with Crippen LogP contribution in [0.2, 0.25) is 0 Å². The third-order valence-corrected chi connectivity index (χ3v) is 3.28. The summed E-state index contributed by atoms with van der Waals surface area (Å²) in [5.74, 6) is -0.197. The number of ether oxygens (including phenoxy) is 1. The minimum Gasteiger partial charge on any atom is -0.466 e. The van der Waals surface area contributed by atoms with Crippen LogP contribution in [0.25, 0.3) is 0 Å². The van der Waals surface area contributed by atoms with Gasteiger partial charge in [0.05, 0.1) is 12.0 Å². The molecule has 4 heteroatoms. The fourth-order valence-corrected chi connectivity index (χ4v) is 2.77. The highest BCUT2D eigenvalue weighted by atomic mass is 79.9.